The Morgan fingerprint density at radius 3 is 2.24 bits per heavy atom. The molecule has 6 rings (SSSR count). The smallest absolute Gasteiger partial charge is 0.254 e. The molecule has 0 saturated carbocycles. The minimum atomic E-state index is -1.02. The molecule has 2 heterocycles. The quantitative estimate of drug-likeness (QED) is 0.280. The van der Waals surface area contributed by atoms with Crippen LogP contribution >= 0.6 is 23.2 Å². The largest absolute Gasteiger partial charge is 0.330 e. The maximum atomic E-state index is 14.3. The summed E-state index contributed by atoms with van der Waals surface area (Å²) in [5, 5.41) is 4.27. The second-order valence-electron chi connectivity index (χ2n) is 9.34. The summed E-state index contributed by atoms with van der Waals surface area (Å²) in [4.78, 5) is 28.8. The Morgan fingerprint density at radius 1 is 0.868 bits per heavy atom. The monoisotopic (exact) mass is 546 g/mol. The molecule has 0 bridgehead atoms. The van der Waals surface area contributed by atoms with Crippen molar-refractivity contribution in [3.63, 3.8) is 0 Å². The number of likely N-dealkylation sites (tertiary alicyclic amines) is 1. The van der Waals surface area contributed by atoms with Gasteiger partial charge in [0.15, 0.2) is 0 Å². The van der Waals surface area contributed by atoms with Crippen LogP contribution in [-0.2, 0) is 10.2 Å². The van der Waals surface area contributed by atoms with Crippen LogP contribution in [0.4, 0.5) is 10.1 Å². The number of anilines is 1. The third-order valence-electron chi connectivity index (χ3n) is 7.04. The number of hydrogen-bond donors (Lipinski definition) is 1. The molecule has 0 aliphatic carbocycles. The van der Waals surface area contributed by atoms with E-state index in [1.807, 2.05) is 54.6 Å². The van der Waals surface area contributed by atoms with E-state index in [2.05, 4.69) is 5.32 Å². The van der Waals surface area contributed by atoms with Crippen molar-refractivity contribution >= 4 is 40.7 Å². The Balaban J connectivity index is 0.000000366. The molecule has 0 radical (unpaired) electrons. The summed E-state index contributed by atoms with van der Waals surface area (Å²) in [6, 6.07) is 29.3. The highest BCUT2D eigenvalue weighted by atomic mass is 35.5. The molecule has 0 aromatic heterocycles. The lowest BCUT2D eigenvalue weighted by atomic mass is 9.66. The molecule has 4 aromatic carbocycles. The molecule has 1 N–H and O–H groups in total. The summed E-state index contributed by atoms with van der Waals surface area (Å²) in [5.41, 5.74) is 1.56. The summed E-state index contributed by atoms with van der Waals surface area (Å²) in [6.07, 6.45) is 1.20. The van der Waals surface area contributed by atoms with E-state index >= 15 is 0 Å². The summed E-state index contributed by atoms with van der Waals surface area (Å²) in [5.74, 6) is -0.770. The van der Waals surface area contributed by atoms with Crippen LogP contribution in [0.25, 0.3) is 0 Å². The topological polar surface area (TPSA) is 49.4 Å². The molecule has 2 aliphatic rings. The molecule has 1 saturated heterocycles. The van der Waals surface area contributed by atoms with Gasteiger partial charge in [-0.15, -0.1) is 0 Å². The number of halogens is 3. The Morgan fingerprint density at radius 2 is 1.58 bits per heavy atom. The van der Waals surface area contributed by atoms with Crippen molar-refractivity contribution in [2.45, 2.75) is 24.3 Å². The zero-order chi connectivity index (χ0) is 26.7. The number of hydrogen-bond acceptors (Lipinski definition) is 2. The number of nitrogens with one attached hydrogen (secondary N) is 1. The van der Waals surface area contributed by atoms with Crippen molar-refractivity contribution in [2.75, 3.05) is 11.9 Å². The average molecular weight is 547 g/mol. The number of rotatable bonds is 2. The van der Waals surface area contributed by atoms with Crippen LogP contribution in [0.1, 0.15) is 40.4 Å². The zero-order valence-electron chi connectivity index (χ0n) is 20.4. The van der Waals surface area contributed by atoms with Crippen LogP contribution < -0.4 is 5.32 Å². The van der Waals surface area contributed by atoms with Crippen molar-refractivity contribution in [1.82, 2.24) is 4.90 Å². The Labute approximate surface area is 231 Å². The second-order valence-corrected chi connectivity index (χ2v) is 10.2. The Bertz CT molecular complexity index is 1470. The predicted molar refractivity (Wildman–Crippen MR) is 149 cm³/mol. The van der Waals surface area contributed by atoms with E-state index in [9.17, 15) is 14.0 Å². The lowest BCUT2D eigenvalue weighted by Crippen LogP contribution is -2.54. The van der Waals surface area contributed by atoms with Crippen LogP contribution in [0.5, 0.6) is 0 Å². The van der Waals surface area contributed by atoms with E-state index in [1.54, 1.807) is 41.3 Å². The van der Waals surface area contributed by atoms with Gasteiger partial charge in [0.05, 0.1) is 6.04 Å². The first-order chi connectivity index (χ1) is 18.4. The van der Waals surface area contributed by atoms with Gasteiger partial charge in [0.2, 0.25) is 5.91 Å². The molecule has 2 atom stereocenters. The molecule has 1 fully saturated rings. The van der Waals surface area contributed by atoms with E-state index < -0.39 is 17.3 Å². The molecule has 1 spiro atoms. The number of piperidine rings is 1. The van der Waals surface area contributed by atoms with Crippen LogP contribution in [0.2, 0.25) is 10.0 Å². The van der Waals surface area contributed by atoms with E-state index in [-0.39, 0.29) is 11.8 Å². The fourth-order valence-corrected chi connectivity index (χ4v) is 5.78. The van der Waals surface area contributed by atoms with E-state index in [0.29, 0.717) is 41.2 Å². The van der Waals surface area contributed by atoms with Crippen molar-refractivity contribution in [3.8, 4) is 0 Å². The molecule has 4 nitrogen and oxygen atoms in total. The van der Waals surface area contributed by atoms with Crippen LogP contribution in [0.15, 0.2) is 103 Å². The van der Waals surface area contributed by atoms with Crippen molar-refractivity contribution in [1.29, 1.82) is 0 Å². The number of fused-ring (bicyclic) bond motifs is 2. The molecular weight excluding hydrogens is 522 g/mol. The summed E-state index contributed by atoms with van der Waals surface area (Å²) < 4.78 is 14.3. The van der Waals surface area contributed by atoms with Gasteiger partial charge < -0.3 is 10.2 Å². The van der Waals surface area contributed by atoms with Crippen molar-refractivity contribution in [2.24, 2.45) is 0 Å². The Hall–Kier alpha value is -3.67. The maximum Gasteiger partial charge on any atom is 0.254 e. The van der Waals surface area contributed by atoms with Gasteiger partial charge >= 0.3 is 0 Å². The SMILES string of the molecule is Clc1ccccc1.O=C(c1ccccc1)N1CCC[C@]2(C(=O)Nc3cc(Cl)ccc32)[C@H]1c1cccc(F)c1. The van der Waals surface area contributed by atoms with Crippen LogP contribution in [-0.4, -0.2) is 23.3 Å². The third-order valence-corrected chi connectivity index (χ3v) is 7.53. The standard InChI is InChI=1S/C25H20ClFN2O2.C6H5Cl/c26-18-10-11-20-21(15-18)28-24(31)25(20)12-5-13-29(23(30)16-6-2-1-3-7-16)22(25)17-8-4-9-19(27)14-17;7-6-4-2-1-3-5-6/h1-4,6-11,14-15,22H,5,12-13H2,(H,28,31);1-5H/t22-,25-;/m1./s1. The summed E-state index contributed by atoms with van der Waals surface area (Å²) in [6.45, 7) is 0.479. The molecule has 0 unspecified atom stereocenters. The normalized spacial score (nSPS) is 19.8. The molecular formula is C31H25Cl2FN2O2. The van der Waals surface area contributed by atoms with E-state index in [4.69, 9.17) is 23.2 Å². The summed E-state index contributed by atoms with van der Waals surface area (Å²) in [7, 11) is 0. The molecule has 4 aromatic rings. The lowest BCUT2D eigenvalue weighted by molar-refractivity contribution is -0.124. The highest BCUT2D eigenvalue weighted by molar-refractivity contribution is 6.31. The van der Waals surface area contributed by atoms with Gasteiger partial charge in [-0.1, -0.05) is 77.8 Å². The number of carbonyl (C=O) groups is 2. The molecule has 2 aliphatic heterocycles. The second kappa shape index (κ2) is 11.0. The highest BCUT2D eigenvalue weighted by Crippen LogP contribution is 2.54. The fraction of sp³-hybridized carbons (Fsp3) is 0.161. The van der Waals surface area contributed by atoms with E-state index in [0.717, 1.165) is 10.6 Å². The number of amides is 2. The van der Waals surface area contributed by atoms with Crippen LogP contribution in [0.3, 0.4) is 0 Å². The average Bonchev–Trinajstić information content (AvgIpc) is 3.19. The molecule has 38 heavy (non-hydrogen) atoms. The lowest BCUT2D eigenvalue weighted by Gasteiger charge is -2.47. The van der Waals surface area contributed by atoms with Crippen molar-refractivity contribution < 1.29 is 14.0 Å². The first kappa shape index (κ1) is 26.0. The highest BCUT2D eigenvalue weighted by Gasteiger charge is 2.57. The van der Waals surface area contributed by atoms with Gasteiger partial charge in [-0.2, -0.15) is 0 Å². The van der Waals surface area contributed by atoms with Gasteiger partial charge in [0, 0.05) is 27.8 Å². The first-order valence-corrected chi connectivity index (χ1v) is 13.1. The van der Waals surface area contributed by atoms with Gasteiger partial charge in [-0.05, 0) is 72.5 Å². The van der Waals surface area contributed by atoms with Crippen LogP contribution in [0, 0.1) is 5.82 Å². The number of benzene rings is 4. The number of carbonyl (C=O) groups excluding carboxylic acids is 2. The number of nitrogens with zero attached hydrogens (tertiary/aromatic N) is 1. The minimum absolute atomic E-state index is 0.177. The van der Waals surface area contributed by atoms with Gasteiger partial charge in [0.25, 0.3) is 5.91 Å². The molecule has 2 amide bonds. The molecule has 192 valence electrons. The minimum Gasteiger partial charge on any atom is -0.330 e. The van der Waals surface area contributed by atoms with E-state index in [1.165, 1.54) is 12.1 Å². The fourth-order valence-electron chi connectivity index (χ4n) is 5.47. The predicted octanol–water partition coefficient (Wildman–Crippen LogP) is 7.69. The first-order valence-electron chi connectivity index (χ1n) is 12.3. The van der Waals surface area contributed by atoms with Gasteiger partial charge in [-0.3, -0.25) is 9.59 Å². The maximum absolute atomic E-state index is 14.3. The van der Waals surface area contributed by atoms with Crippen molar-refractivity contribution in [3.05, 3.63) is 136 Å². The summed E-state index contributed by atoms with van der Waals surface area (Å²) >= 11 is 11.7. The molecule has 7 heteroatoms. The third kappa shape index (κ3) is 4.92. The zero-order valence-corrected chi connectivity index (χ0v) is 21.9. The van der Waals surface area contributed by atoms with Gasteiger partial charge in [-0.25, -0.2) is 4.39 Å². The van der Waals surface area contributed by atoms with Gasteiger partial charge in [0.1, 0.15) is 11.2 Å². The Kier molecular flexibility index (Phi) is 7.50.